The molecule has 0 fully saturated rings. The van der Waals surface area contributed by atoms with Crippen molar-refractivity contribution in [3.05, 3.63) is 83.7 Å². The first-order valence-corrected chi connectivity index (χ1v) is 11.0. The van der Waals surface area contributed by atoms with Gasteiger partial charge in [0.25, 0.3) is 5.91 Å². The molecule has 0 saturated carbocycles. The van der Waals surface area contributed by atoms with Gasteiger partial charge in [-0.1, -0.05) is 39.0 Å². The van der Waals surface area contributed by atoms with E-state index >= 15 is 0 Å². The molecule has 8 heteroatoms. The Balaban J connectivity index is 1.83. The molecular formula is C26H25FN6O. The fourth-order valence-corrected chi connectivity index (χ4v) is 3.62. The van der Waals surface area contributed by atoms with Crippen LogP contribution in [0.2, 0.25) is 0 Å². The van der Waals surface area contributed by atoms with Crippen molar-refractivity contribution in [3.8, 4) is 17.3 Å². The van der Waals surface area contributed by atoms with Crippen molar-refractivity contribution in [2.24, 2.45) is 0 Å². The third-order valence-electron chi connectivity index (χ3n) is 5.41. The average molecular weight is 457 g/mol. The maximum Gasteiger partial charge on any atom is 0.272 e. The summed E-state index contributed by atoms with van der Waals surface area (Å²) >= 11 is 0. The number of nitrogens with zero attached hydrogens (tertiary/aromatic N) is 6. The van der Waals surface area contributed by atoms with Crippen LogP contribution in [0.4, 0.5) is 4.39 Å². The number of hydrogen-bond acceptors (Lipinski definition) is 5. The van der Waals surface area contributed by atoms with Crippen LogP contribution in [-0.2, 0) is 12.0 Å². The van der Waals surface area contributed by atoms with Gasteiger partial charge in [-0.15, -0.1) is 0 Å². The van der Waals surface area contributed by atoms with Crippen LogP contribution in [0.5, 0.6) is 0 Å². The van der Waals surface area contributed by atoms with Crippen molar-refractivity contribution in [2.75, 3.05) is 6.54 Å². The minimum absolute atomic E-state index is 0.186. The highest BCUT2D eigenvalue weighted by Crippen LogP contribution is 2.27. The van der Waals surface area contributed by atoms with Crippen molar-refractivity contribution >= 4 is 11.6 Å². The quantitative estimate of drug-likeness (QED) is 0.417. The fraction of sp³-hybridized carbons (Fsp3) is 0.269. The molecule has 0 spiro atoms. The Labute approximate surface area is 197 Å². The molecule has 0 bridgehead atoms. The van der Waals surface area contributed by atoms with Gasteiger partial charge >= 0.3 is 0 Å². The molecule has 0 atom stereocenters. The Morgan fingerprint density at radius 2 is 2.00 bits per heavy atom. The molecule has 1 amide bonds. The van der Waals surface area contributed by atoms with Gasteiger partial charge in [0.1, 0.15) is 11.5 Å². The molecule has 0 radical (unpaired) electrons. The van der Waals surface area contributed by atoms with E-state index < -0.39 is 0 Å². The zero-order chi connectivity index (χ0) is 24.3. The Bertz CT molecular complexity index is 1370. The maximum absolute atomic E-state index is 14.1. The van der Waals surface area contributed by atoms with Gasteiger partial charge in [0, 0.05) is 42.5 Å². The second-order valence-corrected chi connectivity index (χ2v) is 9.08. The molecule has 4 aromatic rings. The molecule has 172 valence electrons. The summed E-state index contributed by atoms with van der Waals surface area (Å²) in [5, 5.41) is 13.8. The predicted octanol–water partition coefficient (Wildman–Crippen LogP) is 4.78. The fourth-order valence-electron chi connectivity index (χ4n) is 3.62. The topological polar surface area (TPSA) is 87.2 Å². The number of amides is 1. The van der Waals surface area contributed by atoms with Gasteiger partial charge in [-0.05, 0) is 29.8 Å². The molecule has 0 saturated heterocycles. The lowest BCUT2D eigenvalue weighted by Crippen LogP contribution is -2.32. The number of fused-ring (bicyclic) bond motifs is 1. The van der Waals surface area contributed by atoms with Gasteiger partial charge in [-0.25, -0.2) is 13.9 Å². The number of benzene rings is 1. The van der Waals surface area contributed by atoms with Gasteiger partial charge in [0.2, 0.25) is 0 Å². The lowest BCUT2D eigenvalue weighted by atomic mass is 9.93. The van der Waals surface area contributed by atoms with Crippen molar-refractivity contribution in [2.45, 2.75) is 39.2 Å². The molecule has 3 heterocycles. The van der Waals surface area contributed by atoms with Crippen molar-refractivity contribution in [3.63, 3.8) is 0 Å². The van der Waals surface area contributed by atoms with Gasteiger partial charge in [-0.3, -0.25) is 9.78 Å². The largest absolute Gasteiger partial charge is 0.332 e. The van der Waals surface area contributed by atoms with E-state index in [1.807, 2.05) is 32.9 Å². The highest BCUT2D eigenvalue weighted by molar-refractivity contribution is 5.94. The van der Waals surface area contributed by atoms with Crippen LogP contribution in [0.15, 0.2) is 60.9 Å². The zero-order valence-corrected chi connectivity index (χ0v) is 19.4. The highest BCUT2D eigenvalue weighted by atomic mass is 19.1. The first-order valence-electron chi connectivity index (χ1n) is 11.0. The molecule has 34 heavy (non-hydrogen) atoms. The van der Waals surface area contributed by atoms with E-state index in [1.54, 1.807) is 46.1 Å². The van der Waals surface area contributed by atoms with E-state index in [-0.39, 0.29) is 35.8 Å². The summed E-state index contributed by atoms with van der Waals surface area (Å²) < 4.78 is 15.7. The zero-order valence-electron chi connectivity index (χ0n) is 19.4. The lowest BCUT2D eigenvalue weighted by molar-refractivity contribution is 0.0741. The Kier molecular flexibility index (Phi) is 6.37. The Morgan fingerprint density at radius 1 is 1.18 bits per heavy atom. The summed E-state index contributed by atoms with van der Waals surface area (Å²) in [6.45, 7) is 6.67. The molecule has 0 aliphatic carbocycles. The number of pyridine rings is 1. The normalized spacial score (nSPS) is 11.4. The number of halogens is 1. The van der Waals surface area contributed by atoms with Gasteiger partial charge in [0.15, 0.2) is 5.65 Å². The first kappa shape index (κ1) is 23.1. The average Bonchev–Trinajstić information content (AvgIpc) is 3.26. The van der Waals surface area contributed by atoms with Crippen LogP contribution in [0.3, 0.4) is 0 Å². The molecule has 0 aliphatic rings. The van der Waals surface area contributed by atoms with Gasteiger partial charge in [0.05, 0.1) is 23.9 Å². The first-order chi connectivity index (χ1) is 16.3. The lowest BCUT2D eigenvalue weighted by Gasteiger charge is -2.21. The van der Waals surface area contributed by atoms with Crippen LogP contribution in [0, 0.1) is 17.1 Å². The van der Waals surface area contributed by atoms with Crippen LogP contribution in [0.25, 0.3) is 16.9 Å². The van der Waals surface area contributed by atoms with Crippen LogP contribution in [0.1, 0.15) is 48.9 Å². The number of carbonyl (C=O) groups is 1. The van der Waals surface area contributed by atoms with Gasteiger partial charge in [-0.2, -0.15) is 10.4 Å². The van der Waals surface area contributed by atoms with E-state index in [4.69, 9.17) is 10.4 Å². The summed E-state index contributed by atoms with van der Waals surface area (Å²) in [6, 6.07) is 15.4. The van der Waals surface area contributed by atoms with Crippen molar-refractivity contribution in [1.29, 1.82) is 5.26 Å². The van der Waals surface area contributed by atoms with Crippen molar-refractivity contribution in [1.82, 2.24) is 24.5 Å². The molecule has 7 nitrogen and oxygen atoms in total. The monoisotopic (exact) mass is 456 g/mol. The minimum Gasteiger partial charge on any atom is -0.332 e. The number of rotatable bonds is 6. The van der Waals surface area contributed by atoms with Crippen LogP contribution in [-0.4, -0.2) is 36.9 Å². The van der Waals surface area contributed by atoms with E-state index in [2.05, 4.69) is 16.0 Å². The smallest absolute Gasteiger partial charge is 0.272 e. The number of carbonyl (C=O) groups excluding carboxylic acids is 1. The molecule has 0 aliphatic heterocycles. The second kappa shape index (κ2) is 9.40. The molecular weight excluding hydrogens is 431 g/mol. The summed E-state index contributed by atoms with van der Waals surface area (Å²) in [4.78, 5) is 23.9. The third kappa shape index (κ3) is 4.94. The van der Waals surface area contributed by atoms with Crippen LogP contribution >= 0.6 is 0 Å². The summed E-state index contributed by atoms with van der Waals surface area (Å²) in [7, 11) is 0. The summed E-state index contributed by atoms with van der Waals surface area (Å²) in [5.74, 6) is -0.705. The standard InChI is InChI=1S/C26H25FN6O/c1-26(2,3)23-15-24-30-21(14-22(33(24)31-23)19-8-4-9-20(27)13-19)25(34)32(12-6-10-28)17-18-7-5-11-29-16-18/h4-5,7-9,11,13-16H,6,12,17H2,1-3H3. The van der Waals surface area contributed by atoms with E-state index in [9.17, 15) is 9.18 Å². The summed E-state index contributed by atoms with van der Waals surface area (Å²) in [6.07, 6.45) is 3.54. The number of aromatic nitrogens is 4. The number of hydrogen-bond donors (Lipinski definition) is 0. The van der Waals surface area contributed by atoms with E-state index in [1.165, 1.54) is 12.1 Å². The molecule has 1 aromatic carbocycles. The van der Waals surface area contributed by atoms with Gasteiger partial charge < -0.3 is 4.90 Å². The van der Waals surface area contributed by atoms with Crippen LogP contribution < -0.4 is 0 Å². The second-order valence-electron chi connectivity index (χ2n) is 9.08. The minimum atomic E-state index is -0.384. The molecule has 0 unspecified atom stereocenters. The van der Waals surface area contributed by atoms with E-state index in [0.717, 1.165) is 11.3 Å². The maximum atomic E-state index is 14.1. The van der Waals surface area contributed by atoms with E-state index in [0.29, 0.717) is 23.4 Å². The Morgan fingerprint density at radius 3 is 2.68 bits per heavy atom. The van der Waals surface area contributed by atoms with Crippen molar-refractivity contribution < 1.29 is 9.18 Å². The molecule has 4 rings (SSSR count). The molecule has 3 aromatic heterocycles. The highest BCUT2D eigenvalue weighted by Gasteiger charge is 2.24. The summed E-state index contributed by atoms with van der Waals surface area (Å²) in [5.41, 5.74) is 3.26. The number of nitriles is 1. The SMILES string of the molecule is CC(C)(C)c1cc2nc(C(=O)N(CCC#N)Cc3cccnc3)cc(-c3cccc(F)c3)n2n1. The third-order valence-corrected chi connectivity index (χ3v) is 5.41. The predicted molar refractivity (Wildman–Crippen MR) is 126 cm³/mol. The molecule has 0 N–H and O–H groups in total. The Hall–Kier alpha value is -4.12.